The summed E-state index contributed by atoms with van der Waals surface area (Å²) < 4.78 is 0. The van der Waals surface area contributed by atoms with Gasteiger partial charge in [-0.1, -0.05) is 45.9 Å². The number of aromatic amines is 2. The summed E-state index contributed by atoms with van der Waals surface area (Å²) in [7, 11) is 0. The molecule has 0 aliphatic heterocycles. The molecule has 57 heavy (non-hydrogen) atoms. The van der Waals surface area contributed by atoms with Gasteiger partial charge in [-0.3, -0.25) is 28.8 Å². The van der Waals surface area contributed by atoms with Crippen molar-refractivity contribution in [1.82, 2.24) is 46.9 Å². The zero-order valence-corrected chi connectivity index (χ0v) is 34.0. The monoisotopic (exact) mass is 812 g/mol. The molecule has 6 unspecified atom stereocenters. The fourth-order valence-electron chi connectivity index (χ4n) is 5.92. The molecule has 312 valence electrons. The number of amides is 6. The fraction of sp³-hybridized carbons (Fsp3) is 0.526. The smallest absolute Gasteiger partial charge is 0.326 e. The molecule has 2 heterocycles. The van der Waals surface area contributed by atoms with E-state index in [1.165, 1.54) is 31.2 Å². The van der Waals surface area contributed by atoms with Gasteiger partial charge in [-0.25, -0.2) is 9.78 Å². The number of nitrogens with zero attached hydrogens (tertiary/aromatic N) is 1. The molecule has 19 heteroatoms. The number of imidazole rings is 1. The molecule has 0 fully saturated rings. The molecule has 18 nitrogen and oxygen atoms in total. The first-order chi connectivity index (χ1) is 27.0. The third-order valence-electron chi connectivity index (χ3n) is 9.07. The van der Waals surface area contributed by atoms with Crippen LogP contribution in [-0.4, -0.2) is 116 Å². The molecule has 11 N–H and O–H groups in total. The number of nitrogens with two attached hydrogens (primary N) is 1. The number of carboxylic acids is 1. The Hall–Kier alpha value is -5.43. The highest BCUT2D eigenvalue weighted by molar-refractivity contribution is 7.98. The lowest BCUT2D eigenvalue weighted by molar-refractivity contribution is -0.142. The van der Waals surface area contributed by atoms with Crippen molar-refractivity contribution < 1.29 is 38.7 Å². The second-order valence-corrected chi connectivity index (χ2v) is 15.6. The molecule has 0 bridgehead atoms. The quantitative estimate of drug-likeness (QED) is 0.0613. The second-order valence-electron chi connectivity index (χ2n) is 14.6. The molecule has 3 rings (SSSR count). The number of hydrogen-bond donors (Lipinski definition) is 10. The van der Waals surface area contributed by atoms with E-state index in [1.807, 2.05) is 44.4 Å². The summed E-state index contributed by atoms with van der Waals surface area (Å²) in [6, 6.07) is 1.04. The Morgan fingerprint density at radius 2 is 1.49 bits per heavy atom. The summed E-state index contributed by atoms with van der Waals surface area (Å²) >= 11 is 1.43. The number of rotatable bonds is 23. The molecular weight excluding hydrogens is 757 g/mol. The van der Waals surface area contributed by atoms with Gasteiger partial charge in [-0.15, -0.1) is 0 Å². The van der Waals surface area contributed by atoms with Crippen molar-refractivity contribution in [2.75, 3.05) is 18.6 Å². The average molecular weight is 813 g/mol. The number of hydrogen-bond acceptors (Lipinski definition) is 10. The lowest BCUT2D eigenvalue weighted by Gasteiger charge is -2.26. The normalized spacial score (nSPS) is 14.5. The predicted octanol–water partition coefficient (Wildman–Crippen LogP) is 0.103. The largest absolute Gasteiger partial charge is 0.480 e. The molecule has 6 atom stereocenters. The number of fused-ring (bicyclic) bond motifs is 1. The summed E-state index contributed by atoms with van der Waals surface area (Å²) in [4.78, 5) is 101. The number of carbonyl (C=O) groups excluding carboxylic acids is 6. The van der Waals surface area contributed by atoms with E-state index in [-0.39, 0.29) is 31.6 Å². The van der Waals surface area contributed by atoms with Gasteiger partial charge in [0.15, 0.2) is 0 Å². The number of nitrogens with one attached hydrogen (secondary N) is 8. The first-order valence-electron chi connectivity index (χ1n) is 18.8. The van der Waals surface area contributed by atoms with Crippen molar-refractivity contribution in [3.8, 4) is 0 Å². The number of aliphatic carboxylic acids is 1. The highest BCUT2D eigenvalue weighted by Crippen LogP contribution is 2.19. The molecule has 0 spiro atoms. The summed E-state index contributed by atoms with van der Waals surface area (Å²) in [5.74, 6) is -5.19. The van der Waals surface area contributed by atoms with Gasteiger partial charge < -0.3 is 52.7 Å². The zero-order chi connectivity index (χ0) is 42.2. The minimum absolute atomic E-state index is 0.0489. The molecule has 0 radical (unpaired) electrons. The average Bonchev–Trinajstić information content (AvgIpc) is 3.83. The minimum atomic E-state index is -1.23. The van der Waals surface area contributed by atoms with Crippen molar-refractivity contribution >= 4 is 64.1 Å². The fourth-order valence-corrected chi connectivity index (χ4v) is 6.39. The van der Waals surface area contributed by atoms with Gasteiger partial charge >= 0.3 is 5.97 Å². The van der Waals surface area contributed by atoms with Crippen LogP contribution in [0, 0.1) is 11.8 Å². The predicted molar refractivity (Wildman–Crippen MR) is 216 cm³/mol. The topological polar surface area (TPSA) is 282 Å². The van der Waals surface area contributed by atoms with Gasteiger partial charge in [0, 0.05) is 35.4 Å². The molecule has 0 aliphatic rings. The summed E-state index contributed by atoms with van der Waals surface area (Å²) in [5, 5.41) is 26.0. The Balaban J connectivity index is 1.60. The van der Waals surface area contributed by atoms with Crippen LogP contribution in [0.2, 0.25) is 0 Å². The molecular formula is C38H56N10O8S. The zero-order valence-electron chi connectivity index (χ0n) is 33.1. The summed E-state index contributed by atoms with van der Waals surface area (Å²) in [5.41, 5.74) is 8.43. The Morgan fingerprint density at radius 1 is 0.807 bits per heavy atom. The lowest BCUT2D eigenvalue weighted by Crippen LogP contribution is -2.58. The van der Waals surface area contributed by atoms with Crippen molar-refractivity contribution in [3.05, 3.63) is 54.2 Å². The van der Waals surface area contributed by atoms with E-state index in [9.17, 15) is 38.7 Å². The Bertz CT molecular complexity index is 1830. The van der Waals surface area contributed by atoms with Crippen LogP contribution >= 0.6 is 11.8 Å². The Labute approximate surface area is 335 Å². The summed E-state index contributed by atoms with van der Waals surface area (Å²) in [6.07, 6.45) is 7.02. The number of para-hydroxylation sites is 1. The lowest BCUT2D eigenvalue weighted by atomic mass is 10.0. The highest BCUT2D eigenvalue weighted by Gasteiger charge is 2.32. The third kappa shape index (κ3) is 14.5. The molecule has 2 aromatic heterocycles. The van der Waals surface area contributed by atoms with Gasteiger partial charge in [-0.2, -0.15) is 11.8 Å². The third-order valence-corrected chi connectivity index (χ3v) is 9.71. The van der Waals surface area contributed by atoms with E-state index in [2.05, 4.69) is 46.9 Å². The van der Waals surface area contributed by atoms with E-state index in [1.54, 1.807) is 20.0 Å². The maximum absolute atomic E-state index is 13.6. The number of benzene rings is 1. The van der Waals surface area contributed by atoms with Crippen LogP contribution in [0.15, 0.2) is 43.0 Å². The van der Waals surface area contributed by atoms with Crippen LogP contribution in [-0.2, 0) is 46.4 Å². The Morgan fingerprint density at radius 3 is 2.12 bits per heavy atom. The first-order valence-corrected chi connectivity index (χ1v) is 20.2. The van der Waals surface area contributed by atoms with Crippen LogP contribution < -0.4 is 37.6 Å². The van der Waals surface area contributed by atoms with Crippen LogP contribution in [0.5, 0.6) is 0 Å². The van der Waals surface area contributed by atoms with Crippen LogP contribution in [0.25, 0.3) is 10.9 Å². The maximum Gasteiger partial charge on any atom is 0.326 e. The molecule has 0 saturated carbocycles. The molecule has 3 aromatic rings. The van der Waals surface area contributed by atoms with Gasteiger partial charge in [0.05, 0.1) is 18.9 Å². The van der Waals surface area contributed by atoms with Crippen molar-refractivity contribution in [3.63, 3.8) is 0 Å². The van der Waals surface area contributed by atoms with Gasteiger partial charge in [-0.05, 0) is 61.7 Å². The second kappa shape index (κ2) is 22.3. The van der Waals surface area contributed by atoms with Crippen molar-refractivity contribution in [2.24, 2.45) is 17.6 Å². The number of carbonyl (C=O) groups is 7. The van der Waals surface area contributed by atoms with E-state index in [0.29, 0.717) is 11.4 Å². The number of H-pyrrole nitrogens is 2. The van der Waals surface area contributed by atoms with Gasteiger partial charge in [0.25, 0.3) is 0 Å². The molecule has 0 saturated heterocycles. The minimum Gasteiger partial charge on any atom is -0.480 e. The van der Waals surface area contributed by atoms with Gasteiger partial charge in [0.2, 0.25) is 35.4 Å². The van der Waals surface area contributed by atoms with Gasteiger partial charge in [0.1, 0.15) is 30.2 Å². The van der Waals surface area contributed by atoms with E-state index < -0.39 is 90.1 Å². The molecule has 0 aliphatic carbocycles. The molecule has 6 amide bonds. The van der Waals surface area contributed by atoms with Crippen LogP contribution in [0.1, 0.15) is 58.7 Å². The number of carboxylic acid groups (broad SMARTS) is 1. The molecule has 1 aromatic carbocycles. The maximum atomic E-state index is 13.6. The SMILES string of the molecule is CSCCC(NC(=O)C(CC(C)C)NC(=O)C(Cc1cnc[nH]1)NC(=O)CNC(=O)C(NC(=O)C(C)NC(=O)C(N)Cc1c[nH]c2ccccc12)C(C)C)C(=O)O. The van der Waals surface area contributed by atoms with E-state index in [4.69, 9.17) is 5.73 Å². The summed E-state index contributed by atoms with van der Waals surface area (Å²) in [6.45, 7) is 7.97. The van der Waals surface area contributed by atoms with Crippen molar-refractivity contribution in [1.29, 1.82) is 0 Å². The van der Waals surface area contributed by atoms with Crippen molar-refractivity contribution in [2.45, 2.75) is 96.6 Å². The van der Waals surface area contributed by atoms with E-state index >= 15 is 0 Å². The van der Waals surface area contributed by atoms with Crippen LogP contribution in [0.4, 0.5) is 0 Å². The Kier molecular flexibility index (Phi) is 18.0. The van der Waals surface area contributed by atoms with E-state index in [0.717, 1.165) is 16.5 Å². The number of thioether (sulfide) groups is 1. The number of aromatic nitrogens is 3. The van der Waals surface area contributed by atoms with Crippen LogP contribution in [0.3, 0.4) is 0 Å². The standard InChI is InChI=1S/C38H56N10O8S/c1-20(2)13-29(35(52)46-28(38(55)56)11-12-57-6)47-36(53)30(15-24-17-40-19-43-24)45-31(49)18-42-37(54)32(21(3)4)48-33(50)22(5)44-34(51)26(39)14-23-16-41-27-10-8-7-9-25(23)27/h7-10,16-17,19-22,26,28-30,32,41H,11-15,18,39H2,1-6H3,(H,40,43)(H,42,54)(H,44,51)(H,45,49)(H,46,52)(H,47,53)(H,48,50)(H,55,56). The first kappa shape index (κ1) is 46.0. The highest BCUT2D eigenvalue weighted by atomic mass is 32.2.